The number of ether oxygens (including phenoxy) is 1. The summed E-state index contributed by atoms with van der Waals surface area (Å²) in [6, 6.07) is 5.87. The zero-order chi connectivity index (χ0) is 18.0. The Morgan fingerprint density at radius 1 is 1.44 bits per heavy atom. The predicted molar refractivity (Wildman–Crippen MR) is 91.6 cm³/mol. The van der Waals surface area contributed by atoms with Crippen molar-refractivity contribution in [1.29, 1.82) is 0 Å². The van der Waals surface area contributed by atoms with E-state index in [0.29, 0.717) is 12.4 Å². The van der Waals surface area contributed by atoms with Gasteiger partial charge in [0.25, 0.3) is 5.91 Å². The van der Waals surface area contributed by atoms with Crippen LogP contribution in [0.25, 0.3) is 0 Å². The zero-order valence-electron chi connectivity index (χ0n) is 14.4. The van der Waals surface area contributed by atoms with E-state index in [-0.39, 0.29) is 30.4 Å². The first-order valence-electron chi connectivity index (χ1n) is 8.28. The van der Waals surface area contributed by atoms with E-state index >= 15 is 0 Å². The number of hydrogen-bond acceptors (Lipinski definition) is 5. The number of carbonyl (C=O) groups is 1. The SMILES string of the molecule is CN1CC(O)=C(C(=O)NCc2ccc(F)cc2)N=C1C1(C)CCCO1. The first-order valence-corrected chi connectivity index (χ1v) is 8.28. The number of nitrogens with zero attached hydrogens (tertiary/aromatic N) is 2. The van der Waals surface area contributed by atoms with E-state index in [1.165, 1.54) is 12.1 Å². The molecule has 2 N–H and O–H groups in total. The van der Waals surface area contributed by atoms with Gasteiger partial charge in [0.1, 0.15) is 23.0 Å². The van der Waals surface area contributed by atoms with Crippen LogP contribution in [0.3, 0.4) is 0 Å². The molecule has 0 radical (unpaired) electrons. The summed E-state index contributed by atoms with van der Waals surface area (Å²) in [6.45, 7) is 3.04. The van der Waals surface area contributed by atoms with Crippen LogP contribution in [-0.2, 0) is 16.1 Å². The Bertz CT molecular complexity index is 722. The van der Waals surface area contributed by atoms with E-state index in [1.807, 2.05) is 14.0 Å². The molecule has 25 heavy (non-hydrogen) atoms. The Morgan fingerprint density at radius 2 is 2.16 bits per heavy atom. The third-order valence-corrected chi connectivity index (χ3v) is 4.51. The number of halogens is 1. The average molecular weight is 347 g/mol. The molecule has 2 aliphatic heterocycles. The molecular weight excluding hydrogens is 325 g/mol. The molecule has 0 spiro atoms. The highest BCUT2D eigenvalue weighted by molar-refractivity contribution is 6.00. The number of benzene rings is 1. The number of carbonyl (C=O) groups excluding carboxylic acids is 1. The van der Waals surface area contributed by atoms with Crippen LogP contribution < -0.4 is 5.32 Å². The molecule has 1 aromatic rings. The molecule has 1 aromatic carbocycles. The van der Waals surface area contributed by atoms with Crippen molar-refractivity contribution >= 4 is 11.7 Å². The fourth-order valence-electron chi connectivity index (χ4n) is 3.16. The maximum Gasteiger partial charge on any atom is 0.273 e. The van der Waals surface area contributed by atoms with Crippen molar-refractivity contribution in [3.63, 3.8) is 0 Å². The minimum atomic E-state index is -0.544. The second-order valence-corrected chi connectivity index (χ2v) is 6.58. The minimum absolute atomic E-state index is 0.00642. The van der Waals surface area contributed by atoms with Gasteiger partial charge in [0.15, 0.2) is 5.70 Å². The third kappa shape index (κ3) is 3.66. The van der Waals surface area contributed by atoms with E-state index in [9.17, 15) is 14.3 Å². The quantitative estimate of drug-likeness (QED) is 0.875. The molecule has 1 amide bonds. The van der Waals surface area contributed by atoms with Gasteiger partial charge in [-0.25, -0.2) is 9.38 Å². The molecule has 2 aliphatic rings. The number of aliphatic imine (C=N–C) groups is 1. The molecule has 0 saturated carbocycles. The van der Waals surface area contributed by atoms with Gasteiger partial charge in [-0.2, -0.15) is 0 Å². The first kappa shape index (κ1) is 17.4. The number of amidine groups is 1. The molecule has 3 rings (SSSR count). The summed E-state index contributed by atoms with van der Waals surface area (Å²) >= 11 is 0. The first-order chi connectivity index (χ1) is 11.9. The average Bonchev–Trinajstić information content (AvgIpc) is 3.01. The normalized spacial score (nSPS) is 23.6. The molecule has 1 fully saturated rings. The lowest BCUT2D eigenvalue weighted by Crippen LogP contribution is -2.48. The lowest BCUT2D eigenvalue weighted by molar-refractivity contribution is -0.117. The van der Waals surface area contributed by atoms with E-state index in [4.69, 9.17) is 4.74 Å². The largest absolute Gasteiger partial charge is 0.508 e. The second-order valence-electron chi connectivity index (χ2n) is 6.58. The van der Waals surface area contributed by atoms with Crippen LogP contribution in [0, 0.1) is 5.82 Å². The van der Waals surface area contributed by atoms with Crippen molar-refractivity contribution in [1.82, 2.24) is 10.2 Å². The summed E-state index contributed by atoms with van der Waals surface area (Å²) in [4.78, 5) is 18.7. The standard InChI is InChI=1S/C18H22FN3O3/c1-18(8-3-9-25-18)17-21-15(14(23)11-22(17)2)16(24)20-10-12-4-6-13(19)7-5-12/h4-7,23H,3,8-11H2,1-2H3,(H,20,24). The Balaban J connectivity index is 1.75. The molecule has 2 heterocycles. The van der Waals surface area contributed by atoms with Crippen LogP contribution >= 0.6 is 0 Å². The summed E-state index contributed by atoms with van der Waals surface area (Å²) in [7, 11) is 1.81. The fraction of sp³-hybridized carbons (Fsp3) is 0.444. The number of hydrogen-bond donors (Lipinski definition) is 2. The number of amides is 1. The van der Waals surface area contributed by atoms with Crippen LogP contribution in [0.4, 0.5) is 4.39 Å². The van der Waals surface area contributed by atoms with Gasteiger partial charge in [0, 0.05) is 20.2 Å². The third-order valence-electron chi connectivity index (χ3n) is 4.51. The van der Waals surface area contributed by atoms with E-state index in [1.54, 1.807) is 17.0 Å². The highest BCUT2D eigenvalue weighted by Gasteiger charge is 2.40. The Kier molecular flexibility index (Phi) is 4.76. The van der Waals surface area contributed by atoms with Crippen molar-refractivity contribution < 1.29 is 19.0 Å². The van der Waals surface area contributed by atoms with E-state index in [2.05, 4.69) is 10.3 Å². The van der Waals surface area contributed by atoms with E-state index in [0.717, 1.165) is 18.4 Å². The van der Waals surface area contributed by atoms with Gasteiger partial charge in [-0.05, 0) is 37.5 Å². The maximum atomic E-state index is 12.9. The topological polar surface area (TPSA) is 74.2 Å². The van der Waals surface area contributed by atoms with Crippen molar-refractivity contribution in [3.05, 3.63) is 47.1 Å². The minimum Gasteiger partial charge on any atom is -0.508 e. The van der Waals surface area contributed by atoms with E-state index < -0.39 is 11.5 Å². The highest BCUT2D eigenvalue weighted by Crippen LogP contribution is 2.30. The molecule has 7 heteroatoms. The highest BCUT2D eigenvalue weighted by atomic mass is 19.1. The van der Waals surface area contributed by atoms with Crippen LogP contribution in [0.15, 0.2) is 40.7 Å². The summed E-state index contributed by atoms with van der Waals surface area (Å²) < 4.78 is 18.7. The van der Waals surface area contributed by atoms with Crippen LogP contribution in [0.2, 0.25) is 0 Å². The van der Waals surface area contributed by atoms with Gasteiger partial charge in [0.05, 0.1) is 6.54 Å². The molecule has 1 atom stereocenters. The molecule has 0 bridgehead atoms. The Morgan fingerprint density at radius 3 is 2.80 bits per heavy atom. The van der Waals surface area contributed by atoms with Gasteiger partial charge >= 0.3 is 0 Å². The smallest absolute Gasteiger partial charge is 0.273 e. The van der Waals surface area contributed by atoms with Gasteiger partial charge in [-0.15, -0.1) is 0 Å². The second kappa shape index (κ2) is 6.84. The molecule has 0 aliphatic carbocycles. The monoisotopic (exact) mass is 347 g/mol. The van der Waals surface area contributed by atoms with Crippen LogP contribution in [-0.4, -0.2) is 47.5 Å². The van der Waals surface area contributed by atoms with Crippen LogP contribution in [0.5, 0.6) is 0 Å². The molecule has 1 unspecified atom stereocenters. The maximum absolute atomic E-state index is 12.9. The Labute approximate surface area is 146 Å². The molecule has 6 nitrogen and oxygen atoms in total. The van der Waals surface area contributed by atoms with Crippen molar-refractivity contribution in [2.75, 3.05) is 20.2 Å². The molecule has 134 valence electrons. The molecule has 0 aromatic heterocycles. The molecular formula is C18H22FN3O3. The van der Waals surface area contributed by atoms with Gasteiger partial charge in [0.2, 0.25) is 0 Å². The van der Waals surface area contributed by atoms with Gasteiger partial charge in [-0.3, -0.25) is 4.79 Å². The number of aliphatic hydroxyl groups excluding tert-OH is 1. The van der Waals surface area contributed by atoms with Crippen molar-refractivity contribution in [3.8, 4) is 0 Å². The van der Waals surface area contributed by atoms with Gasteiger partial charge < -0.3 is 20.1 Å². The lowest BCUT2D eigenvalue weighted by atomic mass is 9.99. The van der Waals surface area contributed by atoms with Crippen molar-refractivity contribution in [2.45, 2.75) is 31.9 Å². The summed E-state index contributed by atoms with van der Waals surface area (Å²) in [5.41, 5.74) is 0.225. The molecule has 1 saturated heterocycles. The summed E-state index contributed by atoms with van der Waals surface area (Å²) in [6.07, 6.45) is 1.76. The predicted octanol–water partition coefficient (Wildman–Crippen LogP) is 2.12. The number of aliphatic hydroxyl groups is 1. The fourth-order valence-corrected chi connectivity index (χ4v) is 3.16. The zero-order valence-corrected chi connectivity index (χ0v) is 14.4. The Hall–Kier alpha value is -2.41. The van der Waals surface area contributed by atoms with Crippen LogP contribution in [0.1, 0.15) is 25.3 Å². The number of rotatable bonds is 4. The summed E-state index contributed by atoms with van der Waals surface area (Å²) in [5, 5.41) is 12.9. The summed E-state index contributed by atoms with van der Waals surface area (Å²) in [5.74, 6) is -0.224. The van der Waals surface area contributed by atoms with Crippen molar-refractivity contribution in [2.24, 2.45) is 4.99 Å². The lowest BCUT2D eigenvalue weighted by Gasteiger charge is -2.35. The number of nitrogens with one attached hydrogen (secondary N) is 1. The van der Waals surface area contributed by atoms with Gasteiger partial charge in [-0.1, -0.05) is 12.1 Å². The number of likely N-dealkylation sites (N-methyl/N-ethyl adjacent to an activating group) is 1.